The summed E-state index contributed by atoms with van der Waals surface area (Å²) in [5.41, 5.74) is 6.17. The number of nitrogens with two attached hydrogens (primary N) is 1. The molecule has 0 radical (unpaired) electrons. The van der Waals surface area contributed by atoms with Crippen molar-refractivity contribution in [2.75, 3.05) is 13.1 Å². The van der Waals surface area contributed by atoms with E-state index in [0.717, 1.165) is 0 Å². The molecule has 1 aromatic rings. The largest absolute Gasteiger partial charge is 0.386 e. The van der Waals surface area contributed by atoms with Gasteiger partial charge in [-0.1, -0.05) is 23.2 Å². The van der Waals surface area contributed by atoms with Crippen molar-refractivity contribution in [1.82, 2.24) is 5.32 Å². The molecule has 6 heteroatoms. The Morgan fingerprint density at radius 2 is 2.00 bits per heavy atom. The number of nitrogens with zero attached hydrogens (tertiary/aromatic N) is 1. The van der Waals surface area contributed by atoms with Gasteiger partial charge in [-0.3, -0.25) is 4.99 Å². The number of aliphatic imine (C=N–C) groups is 1. The average molecular weight is 276 g/mol. The van der Waals surface area contributed by atoms with Crippen LogP contribution in [-0.2, 0) is 0 Å². The fourth-order valence-corrected chi connectivity index (χ4v) is 1.84. The smallest absolute Gasteiger partial charge is 0.188 e. The molecular formula is C11H15Cl2N3O. The lowest BCUT2D eigenvalue weighted by Crippen LogP contribution is -2.31. The summed E-state index contributed by atoms with van der Waals surface area (Å²) in [6.45, 7) is 2.76. The van der Waals surface area contributed by atoms with Crippen molar-refractivity contribution < 1.29 is 5.11 Å². The number of hydrogen-bond donors (Lipinski definition) is 3. The average Bonchev–Trinajstić information content (AvgIpc) is 2.25. The third-order valence-corrected chi connectivity index (χ3v) is 2.50. The molecule has 0 saturated carbocycles. The predicted octanol–water partition coefficient (Wildman–Crippen LogP) is 1.95. The Bertz CT molecular complexity index is 389. The topological polar surface area (TPSA) is 70.6 Å². The second kappa shape index (κ2) is 6.69. The normalized spacial score (nSPS) is 13.5. The number of hydrogen-bond acceptors (Lipinski definition) is 2. The molecule has 1 unspecified atom stereocenters. The van der Waals surface area contributed by atoms with E-state index < -0.39 is 6.10 Å². The Labute approximate surface area is 110 Å². The van der Waals surface area contributed by atoms with E-state index in [1.807, 2.05) is 6.92 Å². The highest BCUT2D eigenvalue weighted by atomic mass is 35.5. The van der Waals surface area contributed by atoms with E-state index in [0.29, 0.717) is 28.1 Å². The van der Waals surface area contributed by atoms with Crippen LogP contribution in [0, 0.1) is 0 Å². The summed E-state index contributed by atoms with van der Waals surface area (Å²) in [7, 11) is 0. The molecule has 0 aliphatic rings. The Balaban J connectivity index is 2.69. The van der Waals surface area contributed by atoms with Gasteiger partial charge >= 0.3 is 0 Å². The first kappa shape index (κ1) is 14.1. The predicted molar refractivity (Wildman–Crippen MR) is 71.6 cm³/mol. The van der Waals surface area contributed by atoms with Crippen molar-refractivity contribution in [3.8, 4) is 0 Å². The number of aliphatic hydroxyl groups is 1. The molecule has 0 aliphatic carbocycles. The van der Waals surface area contributed by atoms with Gasteiger partial charge in [-0.15, -0.1) is 0 Å². The Morgan fingerprint density at radius 1 is 1.41 bits per heavy atom. The van der Waals surface area contributed by atoms with Crippen LogP contribution in [0.2, 0.25) is 10.0 Å². The second-order valence-electron chi connectivity index (χ2n) is 3.47. The number of nitrogens with one attached hydrogen (secondary N) is 1. The van der Waals surface area contributed by atoms with Crippen LogP contribution in [0.5, 0.6) is 0 Å². The molecular weight excluding hydrogens is 261 g/mol. The minimum Gasteiger partial charge on any atom is -0.386 e. The Morgan fingerprint density at radius 3 is 2.53 bits per heavy atom. The van der Waals surface area contributed by atoms with Crippen molar-refractivity contribution in [2.24, 2.45) is 10.7 Å². The summed E-state index contributed by atoms with van der Waals surface area (Å²) < 4.78 is 0. The SMILES string of the molecule is CCNC(N)=NCC(O)c1cc(Cl)cc(Cl)c1. The molecule has 4 N–H and O–H groups in total. The fraction of sp³-hybridized carbons (Fsp3) is 0.364. The lowest BCUT2D eigenvalue weighted by Gasteiger charge is -2.10. The highest BCUT2D eigenvalue weighted by Gasteiger charge is 2.08. The van der Waals surface area contributed by atoms with Crippen LogP contribution in [0.4, 0.5) is 0 Å². The first-order valence-electron chi connectivity index (χ1n) is 5.20. The molecule has 0 bridgehead atoms. The quantitative estimate of drug-likeness (QED) is 0.581. The number of halogens is 2. The molecule has 0 amide bonds. The van der Waals surface area contributed by atoms with Crippen LogP contribution < -0.4 is 11.1 Å². The van der Waals surface area contributed by atoms with Crippen LogP contribution in [0.1, 0.15) is 18.6 Å². The fourth-order valence-electron chi connectivity index (χ4n) is 1.29. The van der Waals surface area contributed by atoms with Gasteiger partial charge in [0, 0.05) is 16.6 Å². The molecule has 0 fully saturated rings. The summed E-state index contributed by atoms with van der Waals surface area (Å²) >= 11 is 11.7. The van der Waals surface area contributed by atoms with Gasteiger partial charge in [0.25, 0.3) is 0 Å². The molecule has 0 aromatic heterocycles. The molecule has 1 atom stereocenters. The highest BCUT2D eigenvalue weighted by molar-refractivity contribution is 6.34. The maximum atomic E-state index is 9.88. The molecule has 1 aromatic carbocycles. The maximum Gasteiger partial charge on any atom is 0.188 e. The highest BCUT2D eigenvalue weighted by Crippen LogP contribution is 2.23. The first-order valence-corrected chi connectivity index (χ1v) is 5.96. The second-order valence-corrected chi connectivity index (χ2v) is 4.35. The summed E-state index contributed by atoms with van der Waals surface area (Å²) in [4.78, 5) is 4.00. The number of rotatable bonds is 4. The lowest BCUT2D eigenvalue weighted by molar-refractivity contribution is 0.187. The summed E-state index contributed by atoms with van der Waals surface area (Å²) in [5.74, 6) is 0.305. The summed E-state index contributed by atoms with van der Waals surface area (Å²) in [5, 5.41) is 13.7. The van der Waals surface area contributed by atoms with Crippen molar-refractivity contribution in [1.29, 1.82) is 0 Å². The van der Waals surface area contributed by atoms with Crippen LogP contribution in [-0.4, -0.2) is 24.2 Å². The maximum absolute atomic E-state index is 9.88. The molecule has 94 valence electrons. The lowest BCUT2D eigenvalue weighted by atomic mass is 10.1. The first-order chi connectivity index (χ1) is 8.02. The molecule has 0 saturated heterocycles. The minimum atomic E-state index is -0.775. The van der Waals surface area contributed by atoms with Crippen LogP contribution in [0.3, 0.4) is 0 Å². The van der Waals surface area contributed by atoms with Crippen LogP contribution in [0.15, 0.2) is 23.2 Å². The molecule has 0 spiro atoms. The summed E-state index contributed by atoms with van der Waals surface area (Å²) in [6.07, 6.45) is -0.775. The van der Waals surface area contributed by atoms with Crippen molar-refractivity contribution in [3.63, 3.8) is 0 Å². The van der Waals surface area contributed by atoms with E-state index in [9.17, 15) is 5.11 Å². The third-order valence-electron chi connectivity index (χ3n) is 2.06. The van der Waals surface area contributed by atoms with Gasteiger partial charge in [0.2, 0.25) is 0 Å². The monoisotopic (exact) mass is 275 g/mol. The van der Waals surface area contributed by atoms with Crippen LogP contribution in [0.25, 0.3) is 0 Å². The van der Waals surface area contributed by atoms with E-state index in [1.54, 1.807) is 18.2 Å². The van der Waals surface area contributed by atoms with Gasteiger partial charge in [0.15, 0.2) is 5.96 Å². The molecule has 17 heavy (non-hydrogen) atoms. The van der Waals surface area contributed by atoms with E-state index >= 15 is 0 Å². The molecule has 1 rings (SSSR count). The number of aliphatic hydroxyl groups excluding tert-OH is 1. The van der Waals surface area contributed by atoms with Gasteiger partial charge in [-0.05, 0) is 30.7 Å². The van der Waals surface area contributed by atoms with Gasteiger partial charge in [0.05, 0.1) is 12.6 Å². The van der Waals surface area contributed by atoms with Crippen molar-refractivity contribution >= 4 is 29.2 Å². The Hall–Kier alpha value is -0.970. The zero-order chi connectivity index (χ0) is 12.8. The molecule has 0 aliphatic heterocycles. The van der Waals surface area contributed by atoms with Crippen molar-refractivity contribution in [3.05, 3.63) is 33.8 Å². The van der Waals surface area contributed by atoms with E-state index in [-0.39, 0.29) is 6.54 Å². The van der Waals surface area contributed by atoms with E-state index in [2.05, 4.69) is 10.3 Å². The number of guanidine groups is 1. The molecule has 0 heterocycles. The van der Waals surface area contributed by atoms with Crippen LogP contribution >= 0.6 is 23.2 Å². The minimum absolute atomic E-state index is 0.162. The van der Waals surface area contributed by atoms with Gasteiger partial charge in [-0.25, -0.2) is 0 Å². The van der Waals surface area contributed by atoms with Gasteiger partial charge in [0.1, 0.15) is 0 Å². The van der Waals surface area contributed by atoms with Gasteiger partial charge in [-0.2, -0.15) is 0 Å². The molecule has 4 nitrogen and oxygen atoms in total. The van der Waals surface area contributed by atoms with Crippen molar-refractivity contribution in [2.45, 2.75) is 13.0 Å². The van der Waals surface area contributed by atoms with E-state index in [1.165, 1.54) is 0 Å². The van der Waals surface area contributed by atoms with E-state index in [4.69, 9.17) is 28.9 Å². The zero-order valence-corrected chi connectivity index (χ0v) is 11.0. The standard InChI is InChI=1S/C11H15Cl2N3O/c1-2-15-11(14)16-6-10(17)7-3-8(12)5-9(13)4-7/h3-5,10,17H,2,6H2,1H3,(H3,14,15,16). The Kier molecular flexibility index (Phi) is 5.55. The third kappa shape index (κ3) is 4.81. The number of benzene rings is 1. The van der Waals surface area contributed by atoms with Gasteiger partial charge < -0.3 is 16.2 Å². The summed E-state index contributed by atoms with van der Waals surface area (Å²) in [6, 6.07) is 4.91. The zero-order valence-electron chi connectivity index (χ0n) is 9.45.